The van der Waals surface area contributed by atoms with Crippen molar-refractivity contribution in [2.45, 2.75) is 76.8 Å². The van der Waals surface area contributed by atoms with Crippen LogP contribution in [0.25, 0.3) is 0 Å². The van der Waals surface area contributed by atoms with E-state index < -0.39 is 36.7 Å². The first-order chi connectivity index (χ1) is 10.6. The molecule has 0 amide bonds. The van der Waals surface area contributed by atoms with Crippen LogP contribution in [0.15, 0.2) is 0 Å². The highest BCUT2D eigenvalue weighted by Gasteiger charge is 2.63. The molecule has 3 rings (SSSR count). The monoisotopic (exact) mass is 329 g/mol. The zero-order valence-electron chi connectivity index (χ0n) is 13.6. The molecule has 0 radical (unpaired) electrons. The summed E-state index contributed by atoms with van der Waals surface area (Å²) >= 11 is 0. The number of carboxylic acid groups (broad SMARTS) is 1. The number of carbonyl (C=O) groups is 1. The van der Waals surface area contributed by atoms with Gasteiger partial charge < -0.3 is 34.7 Å². The first-order valence-corrected chi connectivity index (χ1v) is 8.15. The number of rotatable bonds is 3. The number of aliphatic hydroxyl groups excluding tert-OH is 3. The summed E-state index contributed by atoms with van der Waals surface area (Å²) in [5.74, 6) is -1.14. The predicted octanol–water partition coefficient (Wildman–Crippen LogP) is -1.22. The maximum atomic E-state index is 11.0. The third-order valence-corrected chi connectivity index (χ3v) is 6.81. The minimum atomic E-state index is -1.75. The average molecular weight is 329 g/mol. The van der Waals surface area contributed by atoms with Crippen molar-refractivity contribution in [1.82, 2.24) is 0 Å². The molecule has 1 saturated heterocycles. The van der Waals surface area contributed by atoms with E-state index in [4.69, 9.17) is 9.47 Å². The Balaban J connectivity index is 1.76. The molecule has 2 saturated carbocycles. The van der Waals surface area contributed by atoms with Gasteiger partial charge in [-0.1, -0.05) is 20.8 Å². The van der Waals surface area contributed by atoms with Crippen molar-refractivity contribution in [3.8, 4) is 0 Å². The van der Waals surface area contributed by atoms with Crippen LogP contribution in [0.2, 0.25) is 0 Å². The summed E-state index contributed by atoms with van der Waals surface area (Å²) in [6.07, 6.45) is -5.20. The molecule has 2 aliphatic carbocycles. The molecule has 0 aromatic heterocycles. The lowest BCUT2D eigenvalue weighted by atomic mass is 9.70. The number of hydrogen-bond acceptors (Lipinski definition) is 7. The highest BCUT2D eigenvalue weighted by Crippen LogP contribution is 2.66. The van der Waals surface area contributed by atoms with E-state index in [-0.39, 0.29) is 16.9 Å². The van der Waals surface area contributed by atoms with Gasteiger partial charge in [-0.05, 0) is 36.0 Å². The number of carbonyl (C=O) groups excluding carboxylic acids is 1. The molecular formula is C16H25O7-. The van der Waals surface area contributed by atoms with Crippen LogP contribution in [0.4, 0.5) is 0 Å². The average Bonchev–Trinajstić information content (AvgIpc) is 2.80. The molecular weight excluding hydrogens is 304 g/mol. The number of hydrogen-bond donors (Lipinski definition) is 3. The number of aliphatic hydroxyl groups is 3. The molecule has 8 unspecified atom stereocenters. The van der Waals surface area contributed by atoms with Crippen LogP contribution < -0.4 is 5.11 Å². The molecule has 3 aliphatic rings. The standard InChI is InChI=1S/C16H26O7/c1-15(2)7-4-5-16(15,3)8(6-7)22-14-11(19)9(17)10(18)12(23-14)13(20)21/h7-12,14,17-19H,4-6H2,1-3H3,(H,20,21)/p-1. The first kappa shape index (κ1) is 17.1. The van der Waals surface area contributed by atoms with Crippen molar-refractivity contribution >= 4 is 5.97 Å². The molecule has 1 aliphatic heterocycles. The fourth-order valence-corrected chi connectivity index (χ4v) is 4.65. The van der Waals surface area contributed by atoms with Crippen molar-refractivity contribution in [3.63, 3.8) is 0 Å². The number of carboxylic acids is 1. The normalized spacial score (nSPS) is 51.8. The van der Waals surface area contributed by atoms with E-state index in [1.165, 1.54) is 0 Å². The largest absolute Gasteiger partial charge is 0.547 e. The summed E-state index contributed by atoms with van der Waals surface area (Å²) in [5, 5.41) is 40.7. The van der Waals surface area contributed by atoms with Crippen LogP contribution in [0.5, 0.6) is 0 Å². The van der Waals surface area contributed by atoms with Gasteiger partial charge in [-0.15, -0.1) is 0 Å². The molecule has 2 bridgehead atoms. The van der Waals surface area contributed by atoms with Gasteiger partial charge in [-0.25, -0.2) is 0 Å². The number of ether oxygens (including phenoxy) is 2. The van der Waals surface area contributed by atoms with Gasteiger partial charge in [0.1, 0.15) is 24.4 Å². The molecule has 0 spiro atoms. The second-order valence-electron chi connectivity index (χ2n) is 7.95. The van der Waals surface area contributed by atoms with Crippen molar-refractivity contribution in [2.75, 3.05) is 0 Å². The van der Waals surface area contributed by atoms with E-state index in [1.54, 1.807) is 0 Å². The van der Waals surface area contributed by atoms with Crippen LogP contribution in [0.1, 0.15) is 40.0 Å². The molecule has 7 heteroatoms. The topological polar surface area (TPSA) is 119 Å². The Bertz CT molecular complexity index is 493. The molecule has 132 valence electrons. The van der Waals surface area contributed by atoms with Crippen molar-refractivity contribution in [1.29, 1.82) is 0 Å². The number of aliphatic carboxylic acids is 1. The molecule has 3 N–H and O–H groups in total. The lowest BCUT2D eigenvalue weighted by molar-refractivity contribution is -0.355. The fraction of sp³-hybridized carbons (Fsp3) is 0.938. The number of fused-ring (bicyclic) bond motifs is 2. The Hall–Kier alpha value is -0.730. The van der Waals surface area contributed by atoms with E-state index in [1.807, 2.05) is 0 Å². The lowest BCUT2D eigenvalue weighted by Gasteiger charge is -2.45. The van der Waals surface area contributed by atoms with Crippen LogP contribution >= 0.6 is 0 Å². The second kappa shape index (κ2) is 5.39. The summed E-state index contributed by atoms with van der Waals surface area (Å²) < 4.78 is 11.1. The fourth-order valence-electron chi connectivity index (χ4n) is 4.65. The summed E-state index contributed by atoms with van der Waals surface area (Å²) in [7, 11) is 0. The molecule has 23 heavy (non-hydrogen) atoms. The molecule has 3 fully saturated rings. The SMILES string of the molecule is CC1(C)C2CCC1(C)C(OC1OC(C(=O)[O-])C(O)C(O)C1O)C2. The summed E-state index contributed by atoms with van der Waals surface area (Å²) in [5.41, 5.74) is -0.0120. The van der Waals surface area contributed by atoms with E-state index in [0.717, 1.165) is 19.3 Å². The van der Waals surface area contributed by atoms with Gasteiger partial charge >= 0.3 is 0 Å². The summed E-state index contributed by atoms with van der Waals surface area (Å²) in [6, 6.07) is 0. The third-order valence-electron chi connectivity index (χ3n) is 6.81. The maximum absolute atomic E-state index is 11.0. The van der Waals surface area contributed by atoms with Gasteiger partial charge in [0, 0.05) is 0 Å². The van der Waals surface area contributed by atoms with E-state index >= 15 is 0 Å². The minimum absolute atomic E-state index is 0.0865. The Labute approximate surface area is 135 Å². The Kier molecular flexibility index (Phi) is 4.01. The molecule has 0 aromatic carbocycles. The Morgan fingerprint density at radius 1 is 1.17 bits per heavy atom. The van der Waals surface area contributed by atoms with E-state index in [2.05, 4.69) is 20.8 Å². The smallest absolute Gasteiger partial charge is 0.187 e. The van der Waals surface area contributed by atoms with Crippen LogP contribution in [-0.2, 0) is 14.3 Å². The maximum Gasteiger partial charge on any atom is 0.187 e. The molecule has 7 nitrogen and oxygen atoms in total. The van der Waals surface area contributed by atoms with Gasteiger partial charge in [0.15, 0.2) is 6.29 Å². The predicted molar refractivity (Wildman–Crippen MR) is 75.8 cm³/mol. The quantitative estimate of drug-likeness (QED) is 0.593. The molecule has 1 heterocycles. The summed E-state index contributed by atoms with van der Waals surface area (Å²) in [6.45, 7) is 6.55. The van der Waals surface area contributed by atoms with Gasteiger partial charge in [0.2, 0.25) is 0 Å². The Morgan fingerprint density at radius 2 is 1.83 bits per heavy atom. The van der Waals surface area contributed by atoms with E-state index in [9.17, 15) is 25.2 Å². The highest BCUT2D eigenvalue weighted by molar-refractivity contribution is 5.71. The minimum Gasteiger partial charge on any atom is -0.547 e. The third kappa shape index (κ3) is 2.33. The molecule has 0 aromatic rings. The van der Waals surface area contributed by atoms with Crippen molar-refractivity contribution in [2.24, 2.45) is 16.7 Å². The highest BCUT2D eigenvalue weighted by atomic mass is 16.7. The molecule has 8 atom stereocenters. The zero-order chi connectivity index (χ0) is 17.2. The lowest BCUT2D eigenvalue weighted by Crippen LogP contribution is -2.63. The van der Waals surface area contributed by atoms with Gasteiger partial charge in [0.25, 0.3) is 0 Å². The van der Waals surface area contributed by atoms with Crippen LogP contribution in [-0.4, -0.2) is 58.1 Å². The van der Waals surface area contributed by atoms with Gasteiger partial charge in [0.05, 0.1) is 12.1 Å². The summed E-state index contributed by atoms with van der Waals surface area (Å²) in [4.78, 5) is 11.0. The van der Waals surface area contributed by atoms with Gasteiger partial charge in [-0.3, -0.25) is 0 Å². The Morgan fingerprint density at radius 3 is 2.30 bits per heavy atom. The van der Waals surface area contributed by atoms with E-state index in [0.29, 0.717) is 5.92 Å². The zero-order valence-corrected chi connectivity index (χ0v) is 13.6. The van der Waals surface area contributed by atoms with Gasteiger partial charge in [-0.2, -0.15) is 0 Å². The first-order valence-electron chi connectivity index (χ1n) is 8.15. The van der Waals surface area contributed by atoms with Crippen LogP contribution in [0.3, 0.4) is 0 Å². The second-order valence-corrected chi connectivity index (χ2v) is 7.95. The van der Waals surface area contributed by atoms with Crippen LogP contribution in [0, 0.1) is 16.7 Å². The van der Waals surface area contributed by atoms with Crippen molar-refractivity contribution < 1.29 is 34.7 Å². The van der Waals surface area contributed by atoms with Crippen molar-refractivity contribution in [3.05, 3.63) is 0 Å².